The largest absolute Gasteiger partial charge is 0.480 e. The molecule has 6 heteroatoms. The van der Waals surface area contributed by atoms with Gasteiger partial charge in [0.2, 0.25) is 5.91 Å². The number of amides is 1. The molecule has 1 atom stereocenters. The first kappa shape index (κ1) is 22.4. The van der Waals surface area contributed by atoms with Crippen molar-refractivity contribution in [2.75, 3.05) is 17.2 Å². The summed E-state index contributed by atoms with van der Waals surface area (Å²) in [6.45, 7) is -0.409. The maximum atomic E-state index is 13.2. The van der Waals surface area contributed by atoms with Crippen LogP contribution in [0.4, 0.5) is 5.69 Å². The average Bonchev–Trinajstić information content (AvgIpc) is 2.79. The third kappa shape index (κ3) is 6.62. The summed E-state index contributed by atoms with van der Waals surface area (Å²) in [6.07, 6.45) is 1.32. The van der Waals surface area contributed by atoms with E-state index < -0.39 is 12.5 Å². The highest BCUT2D eigenvalue weighted by Crippen LogP contribution is 2.26. The zero-order chi connectivity index (χ0) is 22.1. The fourth-order valence-electron chi connectivity index (χ4n) is 3.25. The van der Waals surface area contributed by atoms with E-state index in [2.05, 4.69) is 12.6 Å². The number of thiol groups is 1. The van der Waals surface area contributed by atoms with E-state index in [-0.39, 0.29) is 11.8 Å². The van der Waals surface area contributed by atoms with Crippen molar-refractivity contribution < 1.29 is 19.4 Å². The van der Waals surface area contributed by atoms with Crippen molar-refractivity contribution in [1.82, 2.24) is 0 Å². The van der Waals surface area contributed by atoms with Gasteiger partial charge in [0.05, 0.1) is 0 Å². The van der Waals surface area contributed by atoms with E-state index in [1.807, 2.05) is 60.7 Å². The van der Waals surface area contributed by atoms with E-state index >= 15 is 0 Å². The molecule has 1 N–H and O–H groups in total. The Morgan fingerprint density at radius 1 is 0.871 bits per heavy atom. The number of carboxylic acids is 1. The minimum Gasteiger partial charge on any atom is -0.480 e. The first-order valence-corrected chi connectivity index (χ1v) is 10.7. The summed E-state index contributed by atoms with van der Waals surface area (Å²) in [4.78, 5) is 25.9. The molecule has 0 aromatic heterocycles. The van der Waals surface area contributed by atoms with Gasteiger partial charge in [-0.05, 0) is 54.8 Å². The lowest BCUT2D eigenvalue weighted by Gasteiger charge is -2.25. The van der Waals surface area contributed by atoms with Gasteiger partial charge in [0.15, 0.2) is 0 Å². The quantitative estimate of drug-likeness (QED) is 0.436. The molecule has 0 heterocycles. The predicted molar refractivity (Wildman–Crippen MR) is 125 cm³/mol. The summed E-state index contributed by atoms with van der Waals surface area (Å²) in [7, 11) is 0. The standard InChI is InChI=1S/C25H25NO4S/c27-24(28)17-26(25(29)20(18-31)12-11-19-7-3-1-4-8-19)21-13-15-23(16-14-21)30-22-9-5-2-6-10-22/h1-10,13-16,20,31H,11-12,17-18H2,(H,27,28). The molecule has 3 aromatic rings. The zero-order valence-corrected chi connectivity index (χ0v) is 17.9. The summed E-state index contributed by atoms with van der Waals surface area (Å²) >= 11 is 4.36. The van der Waals surface area contributed by atoms with Crippen LogP contribution in [0.1, 0.15) is 12.0 Å². The van der Waals surface area contributed by atoms with Gasteiger partial charge in [-0.25, -0.2) is 0 Å². The number of hydrogen-bond acceptors (Lipinski definition) is 4. The van der Waals surface area contributed by atoms with Gasteiger partial charge in [0.25, 0.3) is 0 Å². The molecule has 0 fully saturated rings. The van der Waals surface area contributed by atoms with E-state index in [1.165, 1.54) is 4.90 Å². The Balaban J connectivity index is 1.73. The summed E-state index contributed by atoms with van der Waals surface area (Å²) in [5.41, 5.74) is 1.65. The van der Waals surface area contributed by atoms with Crippen LogP contribution in [-0.2, 0) is 16.0 Å². The van der Waals surface area contributed by atoms with Gasteiger partial charge in [-0.2, -0.15) is 12.6 Å². The third-order valence-electron chi connectivity index (χ3n) is 4.88. The Hall–Kier alpha value is -3.25. The molecule has 31 heavy (non-hydrogen) atoms. The third-order valence-corrected chi connectivity index (χ3v) is 5.32. The highest BCUT2D eigenvalue weighted by molar-refractivity contribution is 7.80. The normalized spacial score (nSPS) is 11.5. The number of aryl methyl sites for hydroxylation is 1. The average molecular weight is 436 g/mol. The number of nitrogens with zero attached hydrogens (tertiary/aromatic N) is 1. The molecule has 0 aliphatic heterocycles. The summed E-state index contributed by atoms with van der Waals surface area (Å²) in [5.74, 6) is -0.0545. The van der Waals surface area contributed by atoms with Crippen molar-refractivity contribution in [3.05, 3.63) is 90.5 Å². The van der Waals surface area contributed by atoms with Crippen LogP contribution in [-0.4, -0.2) is 29.3 Å². The van der Waals surface area contributed by atoms with Gasteiger partial charge >= 0.3 is 5.97 Å². The molecular weight excluding hydrogens is 410 g/mol. The first-order valence-electron chi connectivity index (χ1n) is 10.1. The van der Waals surface area contributed by atoms with Gasteiger partial charge in [-0.3, -0.25) is 9.59 Å². The van der Waals surface area contributed by atoms with Gasteiger partial charge < -0.3 is 14.7 Å². The van der Waals surface area contributed by atoms with Crippen molar-refractivity contribution >= 4 is 30.2 Å². The minimum absolute atomic E-state index is 0.245. The number of carboxylic acid groups (broad SMARTS) is 1. The monoisotopic (exact) mass is 435 g/mol. The molecule has 0 bridgehead atoms. The second kappa shape index (κ2) is 11.2. The van der Waals surface area contributed by atoms with Crippen LogP contribution in [0.25, 0.3) is 0 Å². The number of para-hydroxylation sites is 1. The predicted octanol–water partition coefficient (Wildman–Crippen LogP) is 5.08. The van der Waals surface area contributed by atoms with E-state index in [9.17, 15) is 14.7 Å². The molecule has 0 saturated heterocycles. The van der Waals surface area contributed by atoms with Gasteiger partial charge in [0, 0.05) is 17.4 Å². The maximum absolute atomic E-state index is 13.2. The van der Waals surface area contributed by atoms with Crippen LogP contribution < -0.4 is 9.64 Å². The van der Waals surface area contributed by atoms with Gasteiger partial charge in [-0.15, -0.1) is 0 Å². The SMILES string of the molecule is O=C(O)CN(C(=O)C(CS)CCc1ccccc1)c1ccc(Oc2ccccc2)cc1. The molecule has 3 rings (SSSR count). The van der Waals surface area contributed by atoms with Crippen LogP contribution in [0.2, 0.25) is 0 Å². The summed E-state index contributed by atoms with van der Waals surface area (Å²) in [5, 5.41) is 9.37. The molecule has 3 aromatic carbocycles. The van der Waals surface area contributed by atoms with Crippen LogP contribution in [0.15, 0.2) is 84.9 Å². The molecular formula is C25H25NO4S. The topological polar surface area (TPSA) is 66.8 Å². The molecule has 160 valence electrons. The smallest absolute Gasteiger partial charge is 0.323 e. The number of aliphatic carboxylic acids is 1. The van der Waals surface area contributed by atoms with Crippen molar-refractivity contribution in [2.24, 2.45) is 5.92 Å². The second-order valence-corrected chi connectivity index (χ2v) is 7.50. The summed E-state index contributed by atoms with van der Waals surface area (Å²) < 4.78 is 5.78. The van der Waals surface area contributed by atoms with Crippen molar-refractivity contribution in [3.63, 3.8) is 0 Å². The van der Waals surface area contributed by atoms with E-state index in [0.29, 0.717) is 29.4 Å². The van der Waals surface area contributed by atoms with E-state index in [4.69, 9.17) is 4.74 Å². The maximum Gasteiger partial charge on any atom is 0.323 e. The number of ether oxygens (including phenoxy) is 1. The number of hydrogen-bond donors (Lipinski definition) is 2. The number of carbonyl (C=O) groups is 2. The Kier molecular flexibility index (Phi) is 8.12. The number of benzene rings is 3. The summed E-state index contributed by atoms with van der Waals surface area (Å²) in [6, 6.07) is 26.1. The first-order chi connectivity index (χ1) is 15.1. The van der Waals surface area contributed by atoms with Crippen LogP contribution in [0.3, 0.4) is 0 Å². The van der Waals surface area contributed by atoms with Crippen LogP contribution >= 0.6 is 12.6 Å². The molecule has 5 nitrogen and oxygen atoms in total. The van der Waals surface area contributed by atoms with Crippen molar-refractivity contribution in [2.45, 2.75) is 12.8 Å². The minimum atomic E-state index is -1.07. The molecule has 1 amide bonds. The Labute approximate surface area is 187 Å². The van der Waals surface area contributed by atoms with Crippen LogP contribution in [0, 0.1) is 5.92 Å². The highest BCUT2D eigenvalue weighted by atomic mass is 32.1. The lowest BCUT2D eigenvalue weighted by molar-refractivity contribution is -0.137. The fraction of sp³-hybridized carbons (Fsp3) is 0.200. The van der Waals surface area contributed by atoms with E-state index in [1.54, 1.807) is 24.3 Å². The number of anilines is 1. The number of rotatable bonds is 10. The van der Waals surface area contributed by atoms with Crippen LogP contribution in [0.5, 0.6) is 11.5 Å². The lowest BCUT2D eigenvalue weighted by Crippen LogP contribution is -2.40. The van der Waals surface area contributed by atoms with Crippen molar-refractivity contribution in [1.29, 1.82) is 0 Å². The molecule has 0 saturated carbocycles. The highest BCUT2D eigenvalue weighted by Gasteiger charge is 2.26. The Morgan fingerprint density at radius 3 is 2.03 bits per heavy atom. The van der Waals surface area contributed by atoms with Gasteiger partial charge in [0.1, 0.15) is 18.0 Å². The Bertz CT molecular complexity index is 977. The lowest BCUT2D eigenvalue weighted by atomic mass is 9.99. The number of carbonyl (C=O) groups excluding carboxylic acids is 1. The molecule has 1 unspecified atom stereocenters. The molecule has 0 spiro atoms. The van der Waals surface area contributed by atoms with Gasteiger partial charge in [-0.1, -0.05) is 48.5 Å². The zero-order valence-electron chi connectivity index (χ0n) is 17.1. The second-order valence-electron chi connectivity index (χ2n) is 7.13. The van der Waals surface area contributed by atoms with E-state index in [0.717, 1.165) is 12.0 Å². The van der Waals surface area contributed by atoms with Crippen molar-refractivity contribution in [3.8, 4) is 11.5 Å². The molecule has 0 aliphatic carbocycles. The fourth-order valence-corrected chi connectivity index (χ4v) is 3.59. The Morgan fingerprint density at radius 2 is 1.45 bits per heavy atom. The molecule has 0 radical (unpaired) electrons. The molecule has 0 aliphatic rings.